The van der Waals surface area contributed by atoms with Gasteiger partial charge in [0.05, 0.1) is 0 Å². The van der Waals surface area contributed by atoms with Gasteiger partial charge in [0, 0.05) is 44.8 Å². The number of nitrogens with one attached hydrogen (secondary N) is 1. The molecule has 1 heterocycles. The molecule has 0 amide bonds. The highest BCUT2D eigenvalue weighted by atomic mass is 15.2. The van der Waals surface area contributed by atoms with Crippen LogP contribution in [0.4, 0.5) is 0 Å². The summed E-state index contributed by atoms with van der Waals surface area (Å²) < 4.78 is 0. The van der Waals surface area contributed by atoms with E-state index in [0.717, 1.165) is 45.6 Å². The van der Waals surface area contributed by atoms with Crippen molar-refractivity contribution in [2.24, 2.45) is 11.5 Å². The summed E-state index contributed by atoms with van der Waals surface area (Å²) in [5, 5.41) is 3.36. The maximum absolute atomic E-state index is 6.13. The van der Waals surface area contributed by atoms with Crippen molar-refractivity contribution >= 4 is 0 Å². The molecule has 1 aliphatic rings. The first-order valence-electron chi connectivity index (χ1n) is 6.62. The van der Waals surface area contributed by atoms with E-state index in [1.54, 1.807) is 0 Å². The normalized spacial score (nSPS) is 21.9. The van der Waals surface area contributed by atoms with Crippen LogP contribution >= 0.6 is 0 Å². The second-order valence-corrected chi connectivity index (χ2v) is 5.07. The maximum atomic E-state index is 6.13. The van der Waals surface area contributed by atoms with Crippen LogP contribution in [-0.4, -0.2) is 49.7 Å². The Morgan fingerprint density at radius 2 is 1.75 bits per heavy atom. The molecule has 0 saturated carbocycles. The van der Waals surface area contributed by atoms with E-state index >= 15 is 0 Å². The minimum Gasteiger partial charge on any atom is -0.328 e. The highest BCUT2D eigenvalue weighted by molar-refractivity contribution is 4.73. The zero-order valence-corrected chi connectivity index (χ0v) is 10.6. The van der Waals surface area contributed by atoms with Crippen molar-refractivity contribution in [3.8, 4) is 0 Å². The molecule has 0 aliphatic carbocycles. The molecule has 2 atom stereocenters. The fourth-order valence-corrected chi connectivity index (χ4v) is 2.19. The van der Waals surface area contributed by atoms with Crippen molar-refractivity contribution in [2.45, 2.75) is 44.7 Å². The number of rotatable bonds is 7. The molecule has 0 radical (unpaired) electrons. The van der Waals surface area contributed by atoms with E-state index in [0.29, 0.717) is 12.1 Å². The minimum atomic E-state index is 0.337. The van der Waals surface area contributed by atoms with Crippen molar-refractivity contribution in [1.29, 1.82) is 0 Å². The summed E-state index contributed by atoms with van der Waals surface area (Å²) in [6, 6.07) is 0.676. The lowest BCUT2D eigenvalue weighted by atomic mass is 10.1. The minimum absolute atomic E-state index is 0.337. The largest absolute Gasteiger partial charge is 0.328 e. The number of piperazine rings is 1. The van der Waals surface area contributed by atoms with Crippen molar-refractivity contribution in [1.82, 2.24) is 10.2 Å². The molecule has 2 unspecified atom stereocenters. The Kier molecular flexibility index (Phi) is 6.96. The summed E-state index contributed by atoms with van der Waals surface area (Å²) in [4.78, 5) is 2.47. The molecule has 0 aromatic heterocycles. The van der Waals surface area contributed by atoms with Gasteiger partial charge in [-0.25, -0.2) is 0 Å². The molecule has 1 saturated heterocycles. The standard InChI is InChI=1S/C12H28N4/c1-11(13)4-2-3-5-12(14)10-16-8-6-15-7-9-16/h11-12,15H,2-10,13-14H2,1H3. The number of hydrogen-bond donors (Lipinski definition) is 3. The van der Waals surface area contributed by atoms with Crippen LogP contribution in [0.15, 0.2) is 0 Å². The second-order valence-electron chi connectivity index (χ2n) is 5.07. The van der Waals surface area contributed by atoms with Crippen LogP contribution in [0.2, 0.25) is 0 Å². The first-order chi connectivity index (χ1) is 7.68. The Morgan fingerprint density at radius 1 is 1.12 bits per heavy atom. The molecule has 1 rings (SSSR count). The van der Waals surface area contributed by atoms with Crippen LogP contribution in [0, 0.1) is 0 Å². The van der Waals surface area contributed by atoms with Crippen molar-refractivity contribution in [2.75, 3.05) is 32.7 Å². The SMILES string of the molecule is CC(N)CCCCC(N)CN1CCNCC1. The van der Waals surface area contributed by atoms with E-state index in [1.807, 2.05) is 0 Å². The summed E-state index contributed by atoms with van der Waals surface area (Å²) in [6.45, 7) is 7.64. The third-order valence-corrected chi connectivity index (χ3v) is 3.19. The molecule has 4 nitrogen and oxygen atoms in total. The average molecular weight is 228 g/mol. The van der Waals surface area contributed by atoms with Gasteiger partial charge in [-0.3, -0.25) is 4.90 Å². The molecule has 5 N–H and O–H groups in total. The lowest BCUT2D eigenvalue weighted by Gasteiger charge is -2.29. The fourth-order valence-electron chi connectivity index (χ4n) is 2.19. The van der Waals surface area contributed by atoms with Gasteiger partial charge in [0.15, 0.2) is 0 Å². The fraction of sp³-hybridized carbons (Fsp3) is 1.00. The van der Waals surface area contributed by atoms with E-state index in [1.165, 1.54) is 12.8 Å². The summed E-state index contributed by atoms with van der Waals surface area (Å²) in [5.74, 6) is 0. The lowest BCUT2D eigenvalue weighted by molar-refractivity contribution is 0.223. The molecule has 4 heteroatoms. The van der Waals surface area contributed by atoms with Crippen LogP contribution in [0.5, 0.6) is 0 Å². The molecule has 96 valence electrons. The zero-order chi connectivity index (χ0) is 11.8. The first kappa shape index (κ1) is 13.9. The first-order valence-corrected chi connectivity index (χ1v) is 6.62. The Morgan fingerprint density at radius 3 is 2.38 bits per heavy atom. The zero-order valence-electron chi connectivity index (χ0n) is 10.6. The third-order valence-electron chi connectivity index (χ3n) is 3.19. The van der Waals surface area contributed by atoms with Crippen LogP contribution in [0.25, 0.3) is 0 Å². The quantitative estimate of drug-likeness (QED) is 0.542. The Balaban J connectivity index is 1.99. The van der Waals surface area contributed by atoms with Gasteiger partial charge in [-0.05, 0) is 19.8 Å². The van der Waals surface area contributed by atoms with Gasteiger partial charge < -0.3 is 16.8 Å². The van der Waals surface area contributed by atoms with E-state index < -0.39 is 0 Å². The Bertz CT molecular complexity index is 166. The van der Waals surface area contributed by atoms with Crippen LogP contribution in [-0.2, 0) is 0 Å². The Hall–Kier alpha value is -0.160. The average Bonchev–Trinajstić information content (AvgIpc) is 2.25. The molecule has 0 aromatic rings. The topological polar surface area (TPSA) is 67.3 Å². The highest BCUT2D eigenvalue weighted by Gasteiger charge is 2.12. The molecule has 1 aliphatic heterocycles. The molecule has 0 aromatic carbocycles. The summed E-state index contributed by atoms with van der Waals surface area (Å²) in [7, 11) is 0. The Labute approximate surface area is 99.7 Å². The molecular weight excluding hydrogens is 200 g/mol. The molecule has 0 bridgehead atoms. The van der Waals surface area contributed by atoms with E-state index in [9.17, 15) is 0 Å². The third kappa shape index (κ3) is 6.43. The van der Waals surface area contributed by atoms with Gasteiger partial charge in [0.25, 0.3) is 0 Å². The molecule has 16 heavy (non-hydrogen) atoms. The number of nitrogens with zero attached hydrogens (tertiary/aromatic N) is 1. The smallest absolute Gasteiger partial charge is 0.0167 e. The second kappa shape index (κ2) is 8.01. The molecule has 0 spiro atoms. The summed E-state index contributed by atoms with van der Waals surface area (Å²) in [5.41, 5.74) is 11.8. The van der Waals surface area contributed by atoms with E-state index in [-0.39, 0.29) is 0 Å². The van der Waals surface area contributed by atoms with E-state index in [2.05, 4.69) is 17.1 Å². The lowest BCUT2D eigenvalue weighted by Crippen LogP contribution is -2.47. The van der Waals surface area contributed by atoms with Gasteiger partial charge >= 0.3 is 0 Å². The number of unbranched alkanes of at least 4 members (excludes halogenated alkanes) is 1. The molecule has 1 fully saturated rings. The monoisotopic (exact) mass is 228 g/mol. The predicted octanol–water partition coefficient (Wildman–Crippen LogP) is 0.127. The van der Waals surface area contributed by atoms with Gasteiger partial charge in [-0.2, -0.15) is 0 Å². The van der Waals surface area contributed by atoms with Crippen molar-refractivity contribution in [3.63, 3.8) is 0 Å². The summed E-state index contributed by atoms with van der Waals surface area (Å²) >= 11 is 0. The van der Waals surface area contributed by atoms with Gasteiger partial charge in [0.2, 0.25) is 0 Å². The number of hydrogen-bond acceptors (Lipinski definition) is 4. The summed E-state index contributed by atoms with van der Waals surface area (Å²) in [6.07, 6.45) is 4.69. The van der Waals surface area contributed by atoms with Gasteiger partial charge in [-0.1, -0.05) is 12.8 Å². The van der Waals surface area contributed by atoms with Crippen molar-refractivity contribution in [3.05, 3.63) is 0 Å². The maximum Gasteiger partial charge on any atom is 0.0167 e. The van der Waals surface area contributed by atoms with Gasteiger partial charge in [0.1, 0.15) is 0 Å². The van der Waals surface area contributed by atoms with E-state index in [4.69, 9.17) is 11.5 Å². The highest BCUT2D eigenvalue weighted by Crippen LogP contribution is 2.05. The number of nitrogens with two attached hydrogens (primary N) is 2. The van der Waals surface area contributed by atoms with Crippen LogP contribution in [0.3, 0.4) is 0 Å². The predicted molar refractivity (Wildman–Crippen MR) is 69.4 cm³/mol. The van der Waals surface area contributed by atoms with Crippen LogP contribution < -0.4 is 16.8 Å². The van der Waals surface area contributed by atoms with Crippen molar-refractivity contribution < 1.29 is 0 Å². The molecular formula is C12H28N4. The van der Waals surface area contributed by atoms with Gasteiger partial charge in [-0.15, -0.1) is 0 Å². The van der Waals surface area contributed by atoms with Crippen LogP contribution in [0.1, 0.15) is 32.6 Å².